The lowest BCUT2D eigenvalue weighted by Crippen LogP contribution is -2.50. The Kier molecular flexibility index (Phi) is 4.81. The summed E-state index contributed by atoms with van der Waals surface area (Å²) in [6, 6.07) is 0.771. The summed E-state index contributed by atoms with van der Waals surface area (Å²) in [4.78, 5) is 2.77. The van der Waals surface area contributed by atoms with Crippen molar-refractivity contribution in [2.75, 3.05) is 26.2 Å². The van der Waals surface area contributed by atoms with Gasteiger partial charge in [0.15, 0.2) is 0 Å². The molecule has 1 saturated heterocycles. The smallest absolute Gasteiger partial charge is 0.0198 e. The Morgan fingerprint density at radius 1 is 0.947 bits per heavy atom. The van der Waals surface area contributed by atoms with Gasteiger partial charge in [-0.1, -0.05) is 26.2 Å². The highest BCUT2D eigenvalue weighted by atomic mass is 15.2. The van der Waals surface area contributed by atoms with Crippen molar-refractivity contribution in [3.8, 4) is 0 Å². The topological polar surface area (TPSA) is 15.3 Å². The molecule has 0 spiro atoms. The summed E-state index contributed by atoms with van der Waals surface area (Å²) >= 11 is 0. The SMILES string of the molecule is CC1CC(NCC2CC2)CN(CC2CCCCC2)C1. The zero-order valence-electron chi connectivity index (χ0n) is 12.7. The third kappa shape index (κ3) is 4.46. The summed E-state index contributed by atoms with van der Waals surface area (Å²) in [6.45, 7) is 7.77. The standard InChI is InChI=1S/C17H32N2/c1-14-9-17(18-10-15-7-8-15)13-19(11-14)12-16-5-3-2-4-6-16/h14-18H,2-13H2,1H3. The zero-order chi connectivity index (χ0) is 13.1. The van der Waals surface area contributed by atoms with Crippen molar-refractivity contribution in [3.63, 3.8) is 0 Å². The van der Waals surface area contributed by atoms with E-state index in [4.69, 9.17) is 0 Å². The Morgan fingerprint density at radius 3 is 2.47 bits per heavy atom. The third-order valence-corrected chi connectivity index (χ3v) is 5.37. The first-order chi connectivity index (χ1) is 9.29. The van der Waals surface area contributed by atoms with Crippen molar-refractivity contribution in [2.24, 2.45) is 17.8 Å². The second-order valence-corrected chi connectivity index (χ2v) is 7.61. The van der Waals surface area contributed by atoms with E-state index in [0.717, 1.165) is 23.8 Å². The van der Waals surface area contributed by atoms with Gasteiger partial charge in [0.1, 0.15) is 0 Å². The minimum atomic E-state index is 0.771. The van der Waals surface area contributed by atoms with Crippen LogP contribution in [0.1, 0.15) is 58.3 Å². The second kappa shape index (κ2) is 6.58. The summed E-state index contributed by atoms with van der Waals surface area (Å²) in [6.07, 6.45) is 11.8. The Bertz CT molecular complexity index is 268. The lowest BCUT2D eigenvalue weighted by Gasteiger charge is -2.39. The summed E-state index contributed by atoms with van der Waals surface area (Å²) in [5.74, 6) is 2.90. The molecule has 2 heteroatoms. The van der Waals surface area contributed by atoms with Gasteiger partial charge < -0.3 is 10.2 Å². The Hall–Kier alpha value is -0.0800. The molecule has 19 heavy (non-hydrogen) atoms. The first-order valence-electron chi connectivity index (χ1n) is 8.75. The van der Waals surface area contributed by atoms with Gasteiger partial charge in [-0.3, -0.25) is 0 Å². The van der Waals surface area contributed by atoms with E-state index in [2.05, 4.69) is 17.1 Å². The molecule has 2 aliphatic carbocycles. The molecule has 2 nitrogen and oxygen atoms in total. The minimum Gasteiger partial charge on any atom is -0.312 e. The maximum atomic E-state index is 3.84. The van der Waals surface area contributed by atoms with E-state index in [1.807, 2.05) is 0 Å². The van der Waals surface area contributed by atoms with Crippen LogP contribution in [0.3, 0.4) is 0 Å². The largest absolute Gasteiger partial charge is 0.312 e. The number of hydrogen-bond acceptors (Lipinski definition) is 2. The van der Waals surface area contributed by atoms with E-state index in [1.165, 1.54) is 77.5 Å². The van der Waals surface area contributed by atoms with Crippen LogP contribution in [0.4, 0.5) is 0 Å². The number of piperidine rings is 1. The maximum absolute atomic E-state index is 3.84. The summed E-state index contributed by atoms with van der Waals surface area (Å²) < 4.78 is 0. The number of nitrogens with one attached hydrogen (secondary N) is 1. The molecule has 1 N–H and O–H groups in total. The van der Waals surface area contributed by atoms with Crippen LogP contribution in [0.25, 0.3) is 0 Å². The van der Waals surface area contributed by atoms with Crippen LogP contribution in [-0.2, 0) is 0 Å². The number of hydrogen-bond donors (Lipinski definition) is 1. The highest BCUT2D eigenvalue weighted by Gasteiger charge is 2.28. The lowest BCUT2D eigenvalue weighted by atomic mass is 9.87. The van der Waals surface area contributed by atoms with Crippen LogP contribution >= 0.6 is 0 Å². The molecule has 1 heterocycles. The number of rotatable bonds is 5. The van der Waals surface area contributed by atoms with Gasteiger partial charge >= 0.3 is 0 Å². The van der Waals surface area contributed by atoms with Crippen LogP contribution in [-0.4, -0.2) is 37.1 Å². The molecule has 2 saturated carbocycles. The van der Waals surface area contributed by atoms with Crippen molar-refractivity contribution in [1.29, 1.82) is 0 Å². The highest BCUT2D eigenvalue weighted by molar-refractivity contribution is 4.85. The fourth-order valence-electron chi connectivity index (χ4n) is 4.15. The predicted molar refractivity (Wildman–Crippen MR) is 81.3 cm³/mol. The van der Waals surface area contributed by atoms with Crippen molar-refractivity contribution in [2.45, 2.75) is 64.3 Å². The highest BCUT2D eigenvalue weighted by Crippen LogP contribution is 2.29. The monoisotopic (exact) mass is 264 g/mol. The van der Waals surface area contributed by atoms with Crippen LogP contribution < -0.4 is 5.32 Å². The van der Waals surface area contributed by atoms with Crippen molar-refractivity contribution < 1.29 is 0 Å². The van der Waals surface area contributed by atoms with Gasteiger partial charge in [0.25, 0.3) is 0 Å². The Labute approximate surface area is 119 Å². The summed E-state index contributed by atoms with van der Waals surface area (Å²) in [5, 5.41) is 3.84. The van der Waals surface area contributed by atoms with Gasteiger partial charge in [-0.05, 0) is 56.4 Å². The molecule has 0 amide bonds. The van der Waals surface area contributed by atoms with Gasteiger partial charge in [-0.15, -0.1) is 0 Å². The molecule has 3 aliphatic rings. The van der Waals surface area contributed by atoms with Crippen LogP contribution in [0.5, 0.6) is 0 Å². The molecule has 3 fully saturated rings. The van der Waals surface area contributed by atoms with Crippen LogP contribution in [0.15, 0.2) is 0 Å². The lowest BCUT2D eigenvalue weighted by molar-refractivity contribution is 0.118. The van der Waals surface area contributed by atoms with Gasteiger partial charge in [-0.25, -0.2) is 0 Å². The van der Waals surface area contributed by atoms with Gasteiger partial charge in [0.2, 0.25) is 0 Å². The third-order valence-electron chi connectivity index (χ3n) is 5.37. The molecule has 2 atom stereocenters. The molecule has 110 valence electrons. The molecule has 0 aromatic carbocycles. The van der Waals surface area contributed by atoms with Crippen LogP contribution in [0.2, 0.25) is 0 Å². The van der Waals surface area contributed by atoms with Crippen molar-refractivity contribution in [3.05, 3.63) is 0 Å². The average Bonchev–Trinajstić information content (AvgIpc) is 3.21. The zero-order valence-corrected chi connectivity index (χ0v) is 12.7. The fraction of sp³-hybridized carbons (Fsp3) is 1.00. The van der Waals surface area contributed by atoms with E-state index in [9.17, 15) is 0 Å². The van der Waals surface area contributed by atoms with E-state index in [1.54, 1.807) is 0 Å². The average molecular weight is 264 g/mol. The molecule has 1 aliphatic heterocycles. The second-order valence-electron chi connectivity index (χ2n) is 7.61. The molecule has 0 aromatic rings. The molecule has 0 aromatic heterocycles. The Balaban J connectivity index is 1.43. The summed E-state index contributed by atoms with van der Waals surface area (Å²) in [7, 11) is 0. The van der Waals surface area contributed by atoms with E-state index >= 15 is 0 Å². The number of nitrogens with zero attached hydrogens (tertiary/aromatic N) is 1. The molecule has 3 rings (SSSR count). The van der Waals surface area contributed by atoms with Crippen molar-refractivity contribution >= 4 is 0 Å². The molecule has 0 bridgehead atoms. The van der Waals surface area contributed by atoms with E-state index in [-0.39, 0.29) is 0 Å². The summed E-state index contributed by atoms with van der Waals surface area (Å²) in [5.41, 5.74) is 0. The quantitative estimate of drug-likeness (QED) is 0.820. The van der Waals surface area contributed by atoms with Gasteiger partial charge in [0, 0.05) is 25.7 Å². The fourth-order valence-corrected chi connectivity index (χ4v) is 4.15. The molecule has 0 radical (unpaired) electrons. The number of likely N-dealkylation sites (tertiary alicyclic amines) is 1. The van der Waals surface area contributed by atoms with E-state index < -0.39 is 0 Å². The molecular formula is C17H32N2. The predicted octanol–water partition coefficient (Wildman–Crippen LogP) is 3.28. The molecule has 2 unspecified atom stereocenters. The maximum Gasteiger partial charge on any atom is 0.0198 e. The Morgan fingerprint density at radius 2 is 1.74 bits per heavy atom. The molecular weight excluding hydrogens is 232 g/mol. The van der Waals surface area contributed by atoms with Gasteiger partial charge in [0.05, 0.1) is 0 Å². The van der Waals surface area contributed by atoms with E-state index in [0.29, 0.717) is 0 Å². The van der Waals surface area contributed by atoms with Gasteiger partial charge in [-0.2, -0.15) is 0 Å². The minimum absolute atomic E-state index is 0.771. The normalized spacial score (nSPS) is 34.6. The first-order valence-corrected chi connectivity index (χ1v) is 8.75. The van der Waals surface area contributed by atoms with Crippen molar-refractivity contribution in [1.82, 2.24) is 10.2 Å². The van der Waals surface area contributed by atoms with Crippen LogP contribution in [0, 0.1) is 17.8 Å². The first kappa shape index (κ1) is 13.9.